The number of carbonyl (C=O) groups excluding carboxylic acids is 1. The highest BCUT2D eigenvalue weighted by Gasteiger charge is 2.56. The average molecular weight is 274 g/mol. The minimum atomic E-state index is -0.845. The smallest absolute Gasteiger partial charge is 0.126 e. The number of hydrogen-bond acceptors (Lipinski definition) is 2. The summed E-state index contributed by atoms with van der Waals surface area (Å²) in [4.78, 5) is 11.7. The molecule has 0 radical (unpaired) electrons. The van der Waals surface area contributed by atoms with Gasteiger partial charge in [-0.2, -0.15) is 0 Å². The highest BCUT2D eigenvalue weighted by atomic mass is 16.3. The maximum absolute atomic E-state index is 11.7. The molecule has 20 heavy (non-hydrogen) atoms. The summed E-state index contributed by atoms with van der Waals surface area (Å²) in [6.45, 7) is 6.46. The second-order valence-corrected chi connectivity index (χ2v) is 6.92. The van der Waals surface area contributed by atoms with Crippen LogP contribution in [0.2, 0.25) is 0 Å². The van der Waals surface area contributed by atoms with Crippen molar-refractivity contribution < 1.29 is 9.90 Å². The van der Waals surface area contributed by atoms with E-state index in [1.807, 2.05) is 18.2 Å². The van der Waals surface area contributed by atoms with E-state index in [0.717, 1.165) is 25.5 Å². The van der Waals surface area contributed by atoms with Gasteiger partial charge in [0.25, 0.3) is 0 Å². The average Bonchev–Trinajstić information content (AvgIpc) is 2.63. The lowest BCUT2D eigenvalue weighted by Crippen LogP contribution is -2.35. The van der Waals surface area contributed by atoms with E-state index in [1.165, 1.54) is 5.56 Å². The molecular formula is C18H26O2. The number of benzene rings is 1. The van der Waals surface area contributed by atoms with Crippen molar-refractivity contribution in [1.82, 2.24) is 0 Å². The van der Waals surface area contributed by atoms with E-state index in [0.29, 0.717) is 6.42 Å². The molecule has 0 saturated heterocycles. The molecule has 0 bridgehead atoms. The van der Waals surface area contributed by atoms with Crippen LogP contribution >= 0.6 is 0 Å². The Morgan fingerprint density at radius 1 is 1.30 bits per heavy atom. The first kappa shape index (κ1) is 15.2. The fraction of sp³-hybridized carbons (Fsp3) is 0.611. The maximum atomic E-state index is 11.7. The lowest BCUT2D eigenvalue weighted by atomic mass is 9.74. The lowest BCUT2D eigenvalue weighted by Gasteiger charge is -2.30. The van der Waals surface area contributed by atoms with Gasteiger partial charge in [-0.1, -0.05) is 63.9 Å². The van der Waals surface area contributed by atoms with E-state index >= 15 is 0 Å². The van der Waals surface area contributed by atoms with Gasteiger partial charge in [-0.25, -0.2) is 0 Å². The monoisotopic (exact) mass is 274 g/mol. The van der Waals surface area contributed by atoms with E-state index in [9.17, 15) is 9.90 Å². The molecule has 2 nitrogen and oxygen atoms in total. The molecule has 2 rings (SSSR count). The van der Waals surface area contributed by atoms with Crippen molar-refractivity contribution in [3.05, 3.63) is 35.9 Å². The van der Waals surface area contributed by atoms with Gasteiger partial charge >= 0.3 is 0 Å². The van der Waals surface area contributed by atoms with Crippen LogP contribution in [0.15, 0.2) is 30.3 Å². The predicted octanol–water partition coefficient (Wildman–Crippen LogP) is 3.94. The molecule has 0 aromatic heterocycles. The van der Waals surface area contributed by atoms with E-state index < -0.39 is 5.60 Å². The Hall–Kier alpha value is -1.15. The molecule has 0 aliphatic heterocycles. The fourth-order valence-corrected chi connectivity index (χ4v) is 4.08. The number of unbranched alkanes of at least 4 members (excludes halogenated alkanes) is 1. The number of carbonyl (C=O) groups is 1. The lowest BCUT2D eigenvalue weighted by molar-refractivity contribution is -0.119. The van der Waals surface area contributed by atoms with Crippen molar-refractivity contribution >= 4 is 6.29 Å². The first-order valence-corrected chi connectivity index (χ1v) is 7.67. The number of rotatable bonds is 5. The van der Waals surface area contributed by atoms with Crippen LogP contribution in [-0.4, -0.2) is 17.0 Å². The zero-order valence-corrected chi connectivity index (χ0v) is 12.8. The van der Waals surface area contributed by atoms with E-state index in [1.54, 1.807) is 0 Å². The Kier molecular flexibility index (Phi) is 4.33. The minimum Gasteiger partial charge on any atom is -0.389 e. The molecular weight excluding hydrogens is 248 g/mol. The molecule has 0 unspecified atom stereocenters. The third-order valence-corrected chi connectivity index (χ3v) is 4.85. The maximum Gasteiger partial charge on any atom is 0.126 e. The van der Waals surface area contributed by atoms with Crippen LogP contribution < -0.4 is 0 Å². The van der Waals surface area contributed by atoms with Crippen molar-refractivity contribution in [2.75, 3.05) is 0 Å². The second-order valence-electron chi connectivity index (χ2n) is 6.92. The van der Waals surface area contributed by atoms with Crippen molar-refractivity contribution in [3.63, 3.8) is 0 Å². The zero-order chi connectivity index (χ0) is 14.8. The van der Waals surface area contributed by atoms with Gasteiger partial charge in [-0.15, -0.1) is 0 Å². The molecule has 1 saturated carbocycles. The summed E-state index contributed by atoms with van der Waals surface area (Å²) in [5, 5.41) is 11.0. The van der Waals surface area contributed by atoms with Crippen LogP contribution in [0.1, 0.15) is 57.9 Å². The molecule has 2 heteroatoms. The molecule has 1 N–H and O–H groups in total. The topological polar surface area (TPSA) is 37.3 Å². The second kappa shape index (κ2) is 5.69. The van der Waals surface area contributed by atoms with Gasteiger partial charge in [0.2, 0.25) is 0 Å². The van der Waals surface area contributed by atoms with Gasteiger partial charge in [0, 0.05) is 5.92 Å². The Balaban J connectivity index is 2.37. The molecule has 110 valence electrons. The highest BCUT2D eigenvalue weighted by Crippen LogP contribution is 2.57. The first-order chi connectivity index (χ1) is 9.44. The molecule has 1 fully saturated rings. The SMILES string of the molecule is CCCC[C@]1(O)CC(C)(C)[C@H](c2ccccc2)[C@H]1C=O. The van der Waals surface area contributed by atoms with Crippen molar-refractivity contribution in [2.24, 2.45) is 11.3 Å². The Bertz CT molecular complexity index is 452. The fourth-order valence-electron chi connectivity index (χ4n) is 4.08. The van der Waals surface area contributed by atoms with Crippen LogP contribution in [0.5, 0.6) is 0 Å². The van der Waals surface area contributed by atoms with Crippen molar-refractivity contribution in [3.8, 4) is 0 Å². The molecule has 1 aromatic carbocycles. The van der Waals surface area contributed by atoms with Gasteiger partial charge in [0.05, 0.1) is 11.5 Å². The third-order valence-electron chi connectivity index (χ3n) is 4.85. The summed E-state index contributed by atoms with van der Waals surface area (Å²) in [5.74, 6) is -0.200. The molecule has 0 heterocycles. The molecule has 0 spiro atoms. The Morgan fingerprint density at radius 2 is 1.95 bits per heavy atom. The quantitative estimate of drug-likeness (QED) is 0.826. The minimum absolute atomic E-state index is 0.0601. The summed E-state index contributed by atoms with van der Waals surface area (Å²) in [7, 11) is 0. The van der Waals surface area contributed by atoms with E-state index in [-0.39, 0.29) is 17.3 Å². The third kappa shape index (κ3) is 2.67. The van der Waals surface area contributed by atoms with Crippen LogP contribution in [0.4, 0.5) is 0 Å². The van der Waals surface area contributed by atoms with Gasteiger partial charge in [0.1, 0.15) is 6.29 Å². The van der Waals surface area contributed by atoms with Crippen LogP contribution in [0.3, 0.4) is 0 Å². The van der Waals surface area contributed by atoms with Gasteiger partial charge in [0.15, 0.2) is 0 Å². The van der Waals surface area contributed by atoms with Gasteiger partial charge < -0.3 is 9.90 Å². The molecule has 1 aromatic rings. The van der Waals surface area contributed by atoms with E-state index in [2.05, 4.69) is 32.9 Å². The van der Waals surface area contributed by atoms with Crippen molar-refractivity contribution in [1.29, 1.82) is 0 Å². The normalized spacial score (nSPS) is 32.2. The predicted molar refractivity (Wildman–Crippen MR) is 81.6 cm³/mol. The summed E-state index contributed by atoms with van der Waals surface area (Å²) < 4.78 is 0. The van der Waals surface area contributed by atoms with Gasteiger partial charge in [-0.3, -0.25) is 0 Å². The standard InChI is InChI=1S/C18H26O2/c1-4-5-11-18(20)13-17(2,3)16(15(18)12-19)14-9-7-6-8-10-14/h6-10,12,15-16,20H,4-5,11,13H2,1-3H3/t15-,16-,18+/m1/s1. The number of aliphatic hydroxyl groups is 1. The summed E-state index contributed by atoms with van der Waals surface area (Å²) >= 11 is 0. The Morgan fingerprint density at radius 3 is 2.50 bits per heavy atom. The summed E-state index contributed by atoms with van der Waals surface area (Å²) in [6, 6.07) is 10.2. The van der Waals surface area contributed by atoms with Crippen molar-refractivity contribution in [2.45, 2.75) is 58.0 Å². The molecule has 1 aliphatic carbocycles. The Labute approximate surface area is 122 Å². The van der Waals surface area contributed by atoms with Crippen LogP contribution in [0.25, 0.3) is 0 Å². The zero-order valence-electron chi connectivity index (χ0n) is 12.8. The van der Waals surface area contributed by atoms with Crippen LogP contribution in [0, 0.1) is 11.3 Å². The summed E-state index contributed by atoms with van der Waals surface area (Å²) in [5.41, 5.74) is 0.263. The number of aldehydes is 1. The number of hydrogen-bond donors (Lipinski definition) is 1. The summed E-state index contributed by atoms with van der Waals surface area (Å²) in [6.07, 6.45) is 4.42. The highest BCUT2D eigenvalue weighted by molar-refractivity contribution is 5.60. The van der Waals surface area contributed by atoms with Gasteiger partial charge in [-0.05, 0) is 23.8 Å². The molecule has 3 atom stereocenters. The van der Waals surface area contributed by atoms with E-state index in [4.69, 9.17) is 0 Å². The van der Waals surface area contributed by atoms with Crippen LogP contribution in [-0.2, 0) is 4.79 Å². The first-order valence-electron chi connectivity index (χ1n) is 7.67. The largest absolute Gasteiger partial charge is 0.389 e. The molecule has 0 amide bonds. The molecule has 1 aliphatic rings.